The van der Waals surface area contributed by atoms with E-state index in [1.165, 1.54) is 6.07 Å². The quantitative estimate of drug-likeness (QED) is 0.888. The molecule has 2 rings (SSSR count). The molecular weight excluding hydrogens is 310 g/mol. The third-order valence-electron chi connectivity index (χ3n) is 3.14. The van der Waals surface area contributed by atoms with Crippen molar-refractivity contribution in [3.05, 3.63) is 64.2 Å². The Bertz CT molecular complexity index is 744. The molecule has 0 radical (unpaired) electrons. The van der Waals surface area contributed by atoms with E-state index in [1.54, 1.807) is 43.3 Å². The average molecular weight is 326 g/mol. The maximum absolute atomic E-state index is 12.4. The average Bonchev–Trinajstić information content (AvgIpc) is 2.47. The molecule has 0 atom stereocenters. The number of aryl methyl sites for hydroxylation is 1. The van der Waals surface area contributed by atoms with Crippen LogP contribution in [0.3, 0.4) is 0 Å². The zero-order chi connectivity index (χ0) is 15.5. The Morgan fingerprint density at radius 2 is 1.90 bits per heavy atom. The summed E-state index contributed by atoms with van der Waals surface area (Å²) >= 11 is 6.01. The first-order valence-electron chi connectivity index (χ1n) is 6.37. The van der Waals surface area contributed by atoms with E-state index >= 15 is 0 Å². The van der Waals surface area contributed by atoms with Crippen LogP contribution < -0.4 is 4.72 Å². The molecule has 0 amide bonds. The number of halogens is 1. The first-order chi connectivity index (χ1) is 9.94. The molecular formula is C15H16ClNO3S. The van der Waals surface area contributed by atoms with E-state index < -0.39 is 10.0 Å². The molecule has 2 aromatic carbocycles. The fourth-order valence-corrected chi connectivity index (χ4v) is 3.43. The second-order valence-electron chi connectivity index (χ2n) is 4.67. The van der Waals surface area contributed by atoms with Crippen molar-refractivity contribution in [2.24, 2.45) is 0 Å². The Balaban J connectivity index is 2.25. The Morgan fingerprint density at radius 1 is 1.19 bits per heavy atom. The lowest BCUT2D eigenvalue weighted by Crippen LogP contribution is -2.24. The van der Waals surface area contributed by atoms with Gasteiger partial charge in [0, 0.05) is 11.6 Å². The summed E-state index contributed by atoms with van der Waals surface area (Å²) in [5.41, 5.74) is 1.89. The van der Waals surface area contributed by atoms with Gasteiger partial charge in [-0.25, -0.2) is 13.1 Å². The largest absolute Gasteiger partial charge is 0.392 e. The Kier molecular flexibility index (Phi) is 5.00. The molecule has 0 aromatic heterocycles. The SMILES string of the molecule is Cc1ccc(CO)cc1S(=O)(=O)NCc1ccccc1Cl. The van der Waals surface area contributed by atoms with Gasteiger partial charge in [0.25, 0.3) is 0 Å². The van der Waals surface area contributed by atoms with Gasteiger partial charge in [-0.2, -0.15) is 0 Å². The van der Waals surface area contributed by atoms with Gasteiger partial charge < -0.3 is 5.11 Å². The molecule has 0 fully saturated rings. The van der Waals surface area contributed by atoms with Crippen molar-refractivity contribution in [3.8, 4) is 0 Å². The number of benzene rings is 2. The Labute approximate surface area is 129 Å². The molecule has 0 bridgehead atoms. The maximum atomic E-state index is 12.4. The molecule has 2 aromatic rings. The third kappa shape index (κ3) is 3.83. The Hall–Kier alpha value is -1.40. The third-order valence-corrected chi connectivity index (χ3v) is 5.05. The lowest BCUT2D eigenvalue weighted by molar-refractivity contribution is 0.281. The molecule has 4 nitrogen and oxygen atoms in total. The number of hydrogen-bond donors (Lipinski definition) is 2. The lowest BCUT2D eigenvalue weighted by atomic mass is 10.2. The van der Waals surface area contributed by atoms with Gasteiger partial charge in [-0.05, 0) is 35.7 Å². The summed E-state index contributed by atoms with van der Waals surface area (Å²) in [7, 11) is -3.66. The zero-order valence-corrected chi connectivity index (χ0v) is 13.1. The number of aliphatic hydroxyl groups excluding tert-OH is 1. The van der Waals surface area contributed by atoms with Crippen molar-refractivity contribution >= 4 is 21.6 Å². The minimum atomic E-state index is -3.66. The van der Waals surface area contributed by atoms with Gasteiger partial charge in [0.05, 0.1) is 11.5 Å². The van der Waals surface area contributed by atoms with Crippen LogP contribution in [0.15, 0.2) is 47.4 Å². The predicted octanol–water partition coefficient (Wildman–Crippen LogP) is 2.62. The van der Waals surface area contributed by atoms with Crippen LogP contribution in [0, 0.1) is 6.92 Å². The van der Waals surface area contributed by atoms with Crippen molar-refractivity contribution in [1.82, 2.24) is 4.72 Å². The smallest absolute Gasteiger partial charge is 0.241 e. The first-order valence-corrected chi connectivity index (χ1v) is 8.23. The molecule has 0 saturated heterocycles. The fraction of sp³-hybridized carbons (Fsp3) is 0.200. The highest BCUT2D eigenvalue weighted by Crippen LogP contribution is 2.19. The number of aliphatic hydroxyl groups is 1. The number of hydrogen-bond acceptors (Lipinski definition) is 3. The molecule has 21 heavy (non-hydrogen) atoms. The molecule has 0 saturated carbocycles. The summed E-state index contributed by atoms with van der Waals surface area (Å²) in [4.78, 5) is 0.168. The molecule has 0 aliphatic rings. The van der Waals surface area contributed by atoms with Crippen LogP contribution in [-0.2, 0) is 23.2 Å². The van der Waals surface area contributed by atoms with E-state index in [0.717, 1.165) is 0 Å². The summed E-state index contributed by atoms with van der Waals surface area (Å²) in [5.74, 6) is 0. The molecule has 0 spiro atoms. The van der Waals surface area contributed by atoms with Crippen LogP contribution in [0.4, 0.5) is 0 Å². The highest BCUT2D eigenvalue weighted by molar-refractivity contribution is 7.89. The van der Waals surface area contributed by atoms with Crippen molar-refractivity contribution in [1.29, 1.82) is 0 Å². The monoisotopic (exact) mass is 325 g/mol. The summed E-state index contributed by atoms with van der Waals surface area (Å²) in [6.07, 6.45) is 0. The van der Waals surface area contributed by atoms with E-state index in [0.29, 0.717) is 21.7 Å². The topological polar surface area (TPSA) is 66.4 Å². The lowest BCUT2D eigenvalue weighted by Gasteiger charge is -2.11. The molecule has 0 aliphatic heterocycles. The van der Waals surface area contributed by atoms with Gasteiger partial charge in [0.15, 0.2) is 0 Å². The van der Waals surface area contributed by atoms with Crippen molar-refractivity contribution in [3.63, 3.8) is 0 Å². The van der Waals surface area contributed by atoms with Crippen LogP contribution in [0.5, 0.6) is 0 Å². The van der Waals surface area contributed by atoms with Crippen LogP contribution in [-0.4, -0.2) is 13.5 Å². The van der Waals surface area contributed by atoms with Crippen LogP contribution in [0.1, 0.15) is 16.7 Å². The summed E-state index contributed by atoms with van der Waals surface area (Å²) < 4.78 is 27.3. The molecule has 0 heterocycles. The van der Waals surface area contributed by atoms with Crippen LogP contribution >= 0.6 is 11.6 Å². The normalized spacial score (nSPS) is 11.6. The minimum Gasteiger partial charge on any atom is -0.392 e. The first kappa shape index (κ1) is 16.0. The van der Waals surface area contributed by atoms with Gasteiger partial charge in [0.1, 0.15) is 0 Å². The summed E-state index contributed by atoms with van der Waals surface area (Å²) in [6, 6.07) is 11.9. The second kappa shape index (κ2) is 6.58. The molecule has 2 N–H and O–H groups in total. The molecule has 0 unspecified atom stereocenters. The summed E-state index contributed by atoms with van der Waals surface area (Å²) in [6.45, 7) is 1.63. The van der Waals surface area contributed by atoms with Gasteiger partial charge in [-0.15, -0.1) is 0 Å². The van der Waals surface area contributed by atoms with E-state index in [2.05, 4.69) is 4.72 Å². The Morgan fingerprint density at radius 3 is 2.57 bits per heavy atom. The van der Waals surface area contributed by atoms with Crippen molar-refractivity contribution in [2.45, 2.75) is 25.0 Å². The van der Waals surface area contributed by atoms with Crippen molar-refractivity contribution in [2.75, 3.05) is 0 Å². The predicted molar refractivity (Wildman–Crippen MR) is 82.6 cm³/mol. The number of sulfonamides is 1. The van der Waals surface area contributed by atoms with E-state index in [1.807, 2.05) is 0 Å². The van der Waals surface area contributed by atoms with E-state index in [9.17, 15) is 8.42 Å². The van der Waals surface area contributed by atoms with Gasteiger partial charge in [-0.1, -0.05) is 41.9 Å². The van der Waals surface area contributed by atoms with Gasteiger partial charge in [-0.3, -0.25) is 0 Å². The molecule has 0 aliphatic carbocycles. The molecule has 112 valence electrons. The standard InChI is InChI=1S/C15H16ClNO3S/c1-11-6-7-12(10-18)8-15(11)21(19,20)17-9-13-4-2-3-5-14(13)16/h2-8,17-18H,9-10H2,1H3. The van der Waals surface area contributed by atoms with Gasteiger partial charge in [0.2, 0.25) is 10.0 Å². The highest BCUT2D eigenvalue weighted by Gasteiger charge is 2.17. The van der Waals surface area contributed by atoms with E-state index in [4.69, 9.17) is 16.7 Å². The van der Waals surface area contributed by atoms with E-state index in [-0.39, 0.29) is 18.0 Å². The maximum Gasteiger partial charge on any atom is 0.241 e. The number of nitrogens with one attached hydrogen (secondary N) is 1. The van der Waals surface area contributed by atoms with Crippen LogP contribution in [0.25, 0.3) is 0 Å². The minimum absolute atomic E-state index is 0.116. The fourth-order valence-electron chi connectivity index (χ4n) is 1.92. The highest BCUT2D eigenvalue weighted by atomic mass is 35.5. The zero-order valence-electron chi connectivity index (χ0n) is 11.5. The number of rotatable bonds is 5. The second-order valence-corrected chi connectivity index (χ2v) is 6.82. The van der Waals surface area contributed by atoms with Crippen LogP contribution in [0.2, 0.25) is 5.02 Å². The van der Waals surface area contributed by atoms with Gasteiger partial charge >= 0.3 is 0 Å². The van der Waals surface area contributed by atoms with Crippen molar-refractivity contribution < 1.29 is 13.5 Å². The summed E-state index contributed by atoms with van der Waals surface area (Å²) in [5, 5.41) is 9.65. The molecule has 6 heteroatoms.